The van der Waals surface area contributed by atoms with Crippen LogP contribution in [0.2, 0.25) is 0 Å². The molecule has 3 heteroatoms. The molecule has 2 aliphatic rings. The number of rotatable bonds is 3. The molecule has 1 heterocycles. The normalized spacial score (nSPS) is 23.2. The summed E-state index contributed by atoms with van der Waals surface area (Å²) in [5.41, 5.74) is 2.24. The van der Waals surface area contributed by atoms with Crippen LogP contribution in [0.5, 0.6) is 0 Å². The quantitative estimate of drug-likeness (QED) is 0.856. The lowest BCUT2D eigenvalue weighted by Gasteiger charge is -2.27. The molecule has 3 nitrogen and oxygen atoms in total. The van der Waals surface area contributed by atoms with E-state index in [1.165, 1.54) is 5.56 Å². The Hall–Kier alpha value is -1.90. The van der Waals surface area contributed by atoms with Crippen LogP contribution in [0, 0.1) is 5.92 Å². The smallest absolute Gasteiger partial charge is 0.230 e. The Balaban J connectivity index is 1.77. The second-order valence-electron chi connectivity index (χ2n) is 6.33. The maximum atomic E-state index is 12.9. The van der Waals surface area contributed by atoms with Gasteiger partial charge in [-0.3, -0.25) is 9.59 Å². The molecule has 1 amide bonds. The van der Waals surface area contributed by atoms with Gasteiger partial charge in [-0.25, -0.2) is 0 Å². The molecular weight excluding hydrogens is 274 g/mol. The van der Waals surface area contributed by atoms with Crippen molar-refractivity contribution in [2.75, 3.05) is 6.54 Å². The van der Waals surface area contributed by atoms with Gasteiger partial charge in [-0.15, -0.1) is 0 Å². The van der Waals surface area contributed by atoms with E-state index >= 15 is 0 Å². The summed E-state index contributed by atoms with van der Waals surface area (Å²) in [5, 5.41) is 0. The van der Waals surface area contributed by atoms with Crippen molar-refractivity contribution >= 4 is 11.7 Å². The van der Waals surface area contributed by atoms with Crippen molar-refractivity contribution < 1.29 is 9.59 Å². The number of nitrogens with zero attached hydrogens (tertiary/aromatic N) is 1. The summed E-state index contributed by atoms with van der Waals surface area (Å²) < 4.78 is 0. The van der Waals surface area contributed by atoms with Gasteiger partial charge in [0.1, 0.15) is 0 Å². The van der Waals surface area contributed by atoms with Gasteiger partial charge in [0.15, 0.2) is 5.78 Å². The Morgan fingerprint density at radius 3 is 2.59 bits per heavy atom. The van der Waals surface area contributed by atoms with Crippen molar-refractivity contribution in [3.8, 4) is 0 Å². The monoisotopic (exact) mass is 297 g/mol. The van der Waals surface area contributed by atoms with Crippen LogP contribution < -0.4 is 0 Å². The Labute approximate surface area is 132 Å². The van der Waals surface area contributed by atoms with Crippen molar-refractivity contribution in [1.29, 1.82) is 0 Å². The first-order valence-corrected chi connectivity index (χ1v) is 8.30. The Morgan fingerprint density at radius 1 is 1.00 bits per heavy atom. The maximum Gasteiger partial charge on any atom is 0.230 e. The standard InChI is InChI=1S/C19H23NO2/c21-17-10-6-9-16(13-17)18-11-4-5-12-20(19(18)22)14-15-7-2-1-3-8-15/h1-3,7-8,13,18H,4-6,9-12,14H2. The molecule has 1 fully saturated rings. The number of carbonyl (C=O) groups is 2. The zero-order chi connectivity index (χ0) is 15.4. The molecule has 1 aliphatic carbocycles. The number of amides is 1. The third kappa shape index (κ3) is 3.46. The van der Waals surface area contributed by atoms with Crippen LogP contribution in [-0.2, 0) is 16.1 Å². The van der Waals surface area contributed by atoms with Crippen LogP contribution in [-0.4, -0.2) is 23.1 Å². The number of hydrogen-bond donors (Lipinski definition) is 0. The summed E-state index contributed by atoms with van der Waals surface area (Å²) in [6, 6.07) is 10.1. The number of allylic oxidation sites excluding steroid dienone is 1. The van der Waals surface area contributed by atoms with Crippen LogP contribution in [0.25, 0.3) is 0 Å². The zero-order valence-electron chi connectivity index (χ0n) is 13.0. The predicted octanol–water partition coefficient (Wildman–Crippen LogP) is 3.49. The predicted molar refractivity (Wildman–Crippen MR) is 86.1 cm³/mol. The molecular formula is C19H23NO2. The lowest BCUT2D eigenvalue weighted by molar-refractivity contribution is -0.134. The van der Waals surface area contributed by atoms with Gasteiger partial charge in [0.05, 0.1) is 5.92 Å². The highest BCUT2D eigenvalue weighted by molar-refractivity contribution is 5.93. The van der Waals surface area contributed by atoms with E-state index in [2.05, 4.69) is 12.1 Å². The van der Waals surface area contributed by atoms with Gasteiger partial charge in [-0.1, -0.05) is 42.3 Å². The molecule has 0 aromatic heterocycles. The average Bonchev–Trinajstić information content (AvgIpc) is 2.71. The molecule has 1 aromatic rings. The summed E-state index contributed by atoms with van der Waals surface area (Å²) in [5.74, 6) is 0.325. The number of hydrogen-bond acceptors (Lipinski definition) is 2. The lowest BCUT2D eigenvalue weighted by Crippen LogP contribution is -2.35. The molecule has 1 aliphatic heterocycles. The third-order valence-corrected chi connectivity index (χ3v) is 4.68. The SMILES string of the molecule is O=C1C=C(C2CCCCN(Cc3ccccc3)C2=O)CCC1. The second-order valence-corrected chi connectivity index (χ2v) is 6.33. The number of likely N-dealkylation sites (tertiary alicyclic amines) is 1. The van der Waals surface area contributed by atoms with Gasteiger partial charge in [-0.2, -0.15) is 0 Å². The first kappa shape index (κ1) is 15.0. The van der Waals surface area contributed by atoms with E-state index in [1.54, 1.807) is 6.08 Å². The number of ketones is 1. The van der Waals surface area contributed by atoms with Crippen molar-refractivity contribution in [1.82, 2.24) is 4.90 Å². The van der Waals surface area contributed by atoms with E-state index in [9.17, 15) is 9.59 Å². The Kier molecular flexibility index (Phi) is 4.71. The Bertz CT molecular complexity index is 576. The lowest BCUT2D eigenvalue weighted by atomic mass is 9.85. The molecule has 0 radical (unpaired) electrons. The fraction of sp³-hybridized carbons (Fsp3) is 0.474. The van der Waals surface area contributed by atoms with Gasteiger partial charge >= 0.3 is 0 Å². The highest BCUT2D eigenvalue weighted by Crippen LogP contribution is 2.30. The molecule has 1 saturated heterocycles. The van der Waals surface area contributed by atoms with Crippen LogP contribution in [0.1, 0.15) is 44.1 Å². The van der Waals surface area contributed by atoms with Crippen LogP contribution in [0.3, 0.4) is 0 Å². The summed E-state index contributed by atoms with van der Waals surface area (Å²) in [7, 11) is 0. The summed E-state index contributed by atoms with van der Waals surface area (Å²) in [4.78, 5) is 26.6. The van der Waals surface area contributed by atoms with Gasteiger partial charge in [0.2, 0.25) is 5.91 Å². The highest BCUT2D eigenvalue weighted by Gasteiger charge is 2.30. The first-order chi connectivity index (χ1) is 10.7. The summed E-state index contributed by atoms with van der Waals surface area (Å²) in [6.45, 7) is 1.50. The fourth-order valence-corrected chi connectivity index (χ4v) is 3.50. The molecule has 0 N–H and O–H groups in total. The van der Waals surface area contributed by atoms with E-state index in [-0.39, 0.29) is 17.6 Å². The van der Waals surface area contributed by atoms with Crippen LogP contribution >= 0.6 is 0 Å². The third-order valence-electron chi connectivity index (χ3n) is 4.68. The van der Waals surface area contributed by atoms with E-state index < -0.39 is 0 Å². The molecule has 0 saturated carbocycles. The van der Waals surface area contributed by atoms with E-state index in [0.717, 1.165) is 44.2 Å². The largest absolute Gasteiger partial charge is 0.338 e. The van der Waals surface area contributed by atoms with Gasteiger partial charge in [-0.05, 0) is 37.3 Å². The van der Waals surface area contributed by atoms with E-state index in [1.807, 2.05) is 23.1 Å². The maximum absolute atomic E-state index is 12.9. The van der Waals surface area contributed by atoms with Crippen LogP contribution in [0.4, 0.5) is 0 Å². The number of benzene rings is 1. The van der Waals surface area contributed by atoms with E-state index in [4.69, 9.17) is 0 Å². The van der Waals surface area contributed by atoms with Gasteiger partial charge in [0, 0.05) is 19.5 Å². The first-order valence-electron chi connectivity index (χ1n) is 8.30. The average molecular weight is 297 g/mol. The van der Waals surface area contributed by atoms with Crippen molar-refractivity contribution in [3.63, 3.8) is 0 Å². The van der Waals surface area contributed by atoms with Crippen LogP contribution in [0.15, 0.2) is 42.0 Å². The van der Waals surface area contributed by atoms with Crippen molar-refractivity contribution in [2.45, 2.75) is 45.1 Å². The van der Waals surface area contributed by atoms with Crippen molar-refractivity contribution in [2.24, 2.45) is 5.92 Å². The summed E-state index contributed by atoms with van der Waals surface area (Å²) >= 11 is 0. The fourth-order valence-electron chi connectivity index (χ4n) is 3.50. The molecule has 1 aromatic carbocycles. The minimum absolute atomic E-state index is 0.0736. The Morgan fingerprint density at radius 2 is 1.82 bits per heavy atom. The summed E-state index contributed by atoms with van der Waals surface area (Å²) in [6.07, 6.45) is 7.19. The van der Waals surface area contributed by atoms with Gasteiger partial charge < -0.3 is 4.90 Å². The molecule has 116 valence electrons. The molecule has 1 unspecified atom stereocenters. The van der Waals surface area contributed by atoms with E-state index in [0.29, 0.717) is 13.0 Å². The minimum Gasteiger partial charge on any atom is -0.338 e. The molecule has 22 heavy (non-hydrogen) atoms. The highest BCUT2D eigenvalue weighted by atomic mass is 16.2. The molecule has 0 spiro atoms. The van der Waals surface area contributed by atoms with Gasteiger partial charge in [0.25, 0.3) is 0 Å². The molecule has 0 bridgehead atoms. The zero-order valence-corrected chi connectivity index (χ0v) is 13.0. The number of carbonyl (C=O) groups excluding carboxylic acids is 2. The second kappa shape index (κ2) is 6.91. The molecule has 3 rings (SSSR count). The van der Waals surface area contributed by atoms with Crippen molar-refractivity contribution in [3.05, 3.63) is 47.5 Å². The topological polar surface area (TPSA) is 37.4 Å². The molecule has 1 atom stereocenters. The minimum atomic E-state index is -0.0736.